The summed E-state index contributed by atoms with van der Waals surface area (Å²) in [6, 6.07) is -1.10. The van der Waals surface area contributed by atoms with E-state index in [1.807, 2.05) is 0 Å². The lowest BCUT2D eigenvalue weighted by Gasteiger charge is -2.13. The molecule has 3 N–H and O–H groups in total. The van der Waals surface area contributed by atoms with Crippen LogP contribution in [0.3, 0.4) is 0 Å². The minimum Gasteiger partial charge on any atom is -0.323 e. The molecule has 0 spiro atoms. The predicted molar refractivity (Wildman–Crippen MR) is 52.9 cm³/mol. The number of nitrogens with zero attached hydrogens (tertiary/aromatic N) is 1. The molecule has 1 atom stereocenters. The zero-order valence-electron chi connectivity index (χ0n) is 8.47. The zero-order chi connectivity index (χ0) is 10.8. The Bertz CT molecular complexity index is 335. The molecule has 2 rings (SSSR count). The van der Waals surface area contributed by atoms with Gasteiger partial charge in [0.25, 0.3) is 6.43 Å². The van der Waals surface area contributed by atoms with E-state index >= 15 is 0 Å². The van der Waals surface area contributed by atoms with E-state index < -0.39 is 12.5 Å². The first-order valence-corrected chi connectivity index (χ1v) is 5.27. The van der Waals surface area contributed by atoms with E-state index in [4.69, 9.17) is 5.73 Å². The lowest BCUT2D eigenvalue weighted by atomic mass is 9.94. The molecule has 0 aliphatic heterocycles. The van der Waals surface area contributed by atoms with Gasteiger partial charge in [-0.1, -0.05) is 0 Å². The first kappa shape index (κ1) is 10.5. The molecule has 1 aromatic heterocycles. The van der Waals surface area contributed by atoms with Gasteiger partial charge in [-0.05, 0) is 31.2 Å². The van der Waals surface area contributed by atoms with Crippen molar-refractivity contribution >= 4 is 0 Å². The van der Waals surface area contributed by atoms with Crippen molar-refractivity contribution in [3.05, 3.63) is 17.0 Å². The predicted octanol–water partition coefficient (Wildman–Crippen LogP) is 1.42. The Labute approximate surface area is 87.0 Å². The fourth-order valence-corrected chi connectivity index (χ4v) is 2.03. The van der Waals surface area contributed by atoms with Gasteiger partial charge in [0, 0.05) is 12.1 Å². The molecule has 1 aromatic rings. The molecular weight excluding hydrogens is 200 g/mol. The average Bonchev–Trinajstić information content (AvgIpc) is 2.62. The summed E-state index contributed by atoms with van der Waals surface area (Å²) in [6.07, 6.45) is 1.88. The summed E-state index contributed by atoms with van der Waals surface area (Å²) in [5.41, 5.74) is 8.30. The Morgan fingerprint density at radius 3 is 2.80 bits per heavy atom. The highest BCUT2D eigenvalue weighted by molar-refractivity contribution is 5.28. The van der Waals surface area contributed by atoms with Gasteiger partial charge in [-0.15, -0.1) is 0 Å². The van der Waals surface area contributed by atoms with Gasteiger partial charge in [0.2, 0.25) is 0 Å². The van der Waals surface area contributed by atoms with Gasteiger partial charge in [-0.25, -0.2) is 8.78 Å². The maximum absolute atomic E-state index is 12.3. The summed E-state index contributed by atoms with van der Waals surface area (Å²) < 4.78 is 24.6. The van der Waals surface area contributed by atoms with Crippen molar-refractivity contribution in [1.29, 1.82) is 0 Å². The van der Waals surface area contributed by atoms with Crippen LogP contribution in [-0.2, 0) is 19.3 Å². The summed E-state index contributed by atoms with van der Waals surface area (Å²) >= 11 is 0. The third-order valence-electron chi connectivity index (χ3n) is 2.89. The van der Waals surface area contributed by atoms with Crippen LogP contribution in [0.4, 0.5) is 8.78 Å². The summed E-state index contributed by atoms with van der Waals surface area (Å²) in [7, 11) is 0. The lowest BCUT2D eigenvalue weighted by molar-refractivity contribution is 0.115. The zero-order valence-corrected chi connectivity index (χ0v) is 8.47. The van der Waals surface area contributed by atoms with Crippen LogP contribution in [-0.4, -0.2) is 22.7 Å². The van der Waals surface area contributed by atoms with Gasteiger partial charge in [0.05, 0.1) is 11.7 Å². The van der Waals surface area contributed by atoms with Crippen molar-refractivity contribution < 1.29 is 8.78 Å². The SMILES string of the molecule is NC(Cc1n[nH]c2c1CCCC2)C(F)F. The first-order chi connectivity index (χ1) is 7.18. The Morgan fingerprint density at radius 1 is 1.33 bits per heavy atom. The Kier molecular flexibility index (Phi) is 3.00. The number of H-pyrrole nitrogens is 1. The number of nitrogens with one attached hydrogen (secondary N) is 1. The Hall–Kier alpha value is -0.970. The van der Waals surface area contributed by atoms with Crippen LogP contribution in [0.1, 0.15) is 29.8 Å². The Balaban J connectivity index is 2.11. The van der Waals surface area contributed by atoms with E-state index in [9.17, 15) is 8.78 Å². The molecule has 3 nitrogen and oxygen atoms in total. The molecule has 15 heavy (non-hydrogen) atoms. The molecule has 1 aliphatic carbocycles. The molecule has 0 saturated heterocycles. The van der Waals surface area contributed by atoms with Crippen molar-refractivity contribution in [3.8, 4) is 0 Å². The second-order valence-corrected chi connectivity index (χ2v) is 4.04. The summed E-state index contributed by atoms with van der Waals surface area (Å²) in [6.45, 7) is 0. The molecule has 0 amide bonds. The van der Waals surface area contributed by atoms with E-state index in [1.165, 1.54) is 0 Å². The number of aryl methyl sites for hydroxylation is 1. The van der Waals surface area contributed by atoms with Crippen LogP contribution in [0.15, 0.2) is 0 Å². The number of aromatic amines is 1. The fraction of sp³-hybridized carbons (Fsp3) is 0.700. The normalized spacial score (nSPS) is 17.9. The van der Waals surface area contributed by atoms with Gasteiger partial charge in [0.15, 0.2) is 0 Å². The van der Waals surface area contributed by atoms with Crippen molar-refractivity contribution in [1.82, 2.24) is 10.2 Å². The van der Waals surface area contributed by atoms with Gasteiger partial charge in [-0.3, -0.25) is 5.10 Å². The van der Waals surface area contributed by atoms with E-state index in [2.05, 4.69) is 10.2 Å². The van der Waals surface area contributed by atoms with E-state index in [0.29, 0.717) is 0 Å². The summed E-state index contributed by atoms with van der Waals surface area (Å²) in [5.74, 6) is 0. The number of hydrogen-bond donors (Lipinski definition) is 2. The maximum atomic E-state index is 12.3. The number of fused-ring (bicyclic) bond motifs is 1. The van der Waals surface area contributed by atoms with E-state index in [1.54, 1.807) is 0 Å². The standard InChI is InChI=1S/C10H15F2N3/c11-10(12)7(13)5-9-6-3-1-2-4-8(6)14-15-9/h7,10H,1-5,13H2,(H,14,15). The largest absolute Gasteiger partial charge is 0.323 e. The van der Waals surface area contributed by atoms with Crippen LogP contribution in [0.25, 0.3) is 0 Å². The van der Waals surface area contributed by atoms with Crippen LogP contribution in [0.5, 0.6) is 0 Å². The van der Waals surface area contributed by atoms with Crippen LogP contribution in [0.2, 0.25) is 0 Å². The minimum absolute atomic E-state index is 0.170. The molecule has 0 bridgehead atoms. The number of hydrogen-bond acceptors (Lipinski definition) is 2. The number of halogens is 2. The monoisotopic (exact) mass is 215 g/mol. The highest BCUT2D eigenvalue weighted by atomic mass is 19.3. The highest BCUT2D eigenvalue weighted by Crippen LogP contribution is 2.23. The average molecular weight is 215 g/mol. The number of nitrogens with two attached hydrogens (primary N) is 1. The van der Waals surface area contributed by atoms with Crippen LogP contribution in [0, 0.1) is 0 Å². The van der Waals surface area contributed by atoms with Gasteiger partial charge in [0.1, 0.15) is 0 Å². The van der Waals surface area contributed by atoms with Crippen molar-refractivity contribution in [2.24, 2.45) is 5.73 Å². The number of rotatable bonds is 3. The first-order valence-electron chi connectivity index (χ1n) is 5.27. The Morgan fingerprint density at radius 2 is 2.07 bits per heavy atom. The third kappa shape index (κ3) is 2.17. The second kappa shape index (κ2) is 4.26. The second-order valence-electron chi connectivity index (χ2n) is 4.04. The van der Waals surface area contributed by atoms with Gasteiger partial charge >= 0.3 is 0 Å². The quantitative estimate of drug-likeness (QED) is 0.801. The van der Waals surface area contributed by atoms with Crippen LogP contribution >= 0.6 is 0 Å². The van der Waals surface area contributed by atoms with Gasteiger partial charge < -0.3 is 5.73 Å². The maximum Gasteiger partial charge on any atom is 0.253 e. The lowest BCUT2D eigenvalue weighted by Crippen LogP contribution is -2.31. The molecule has 1 unspecified atom stereocenters. The molecular formula is C10H15F2N3. The van der Waals surface area contributed by atoms with E-state index in [-0.39, 0.29) is 6.42 Å². The molecule has 0 fully saturated rings. The summed E-state index contributed by atoms with van der Waals surface area (Å²) in [5, 5.41) is 7.00. The summed E-state index contributed by atoms with van der Waals surface area (Å²) in [4.78, 5) is 0. The highest BCUT2D eigenvalue weighted by Gasteiger charge is 2.22. The molecule has 0 aromatic carbocycles. The molecule has 84 valence electrons. The van der Waals surface area contributed by atoms with Crippen molar-refractivity contribution in [2.45, 2.75) is 44.6 Å². The third-order valence-corrected chi connectivity index (χ3v) is 2.89. The molecule has 1 heterocycles. The molecule has 0 radical (unpaired) electrons. The van der Waals surface area contributed by atoms with Crippen LogP contribution < -0.4 is 5.73 Å². The van der Waals surface area contributed by atoms with Crippen molar-refractivity contribution in [2.75, 3.05) is 0 Å². The topological polar surface area (TPSA) is 54.7 Å². The number of alkyl halides is 2. The van der Waals surface area contributed by atoms with Crippen molar-refractivity contribution in [3.63, 3.8) is 0 Å². The number of aromatic nitrogens is 2. The smallest absolute Gasteiger partial charge is 0.253 e. The minimum atomic E-state index is -2.47. The van der Waals surface area contributed by atoms with E-state index in [0.717, 1.165) is 42.6 Å². The molecule has 5 heteroatoms. The fourth-order valence-electron chi connectivity index (χ4n) is 2.03. The molecule has 0 saturated carbocycles. The van der Waals surface area contributed by atoms with Gasteiger partial charge in [-0.2, -0.15) is 5.10 Å². The molecule has 1 aliphatic rings.